The molecule has 0 bridgehead atoms. The maximum atomic E-state index is 12.0. The summed E-state index contributed by atoms with van der Waals surface area (Å²) in [6.45, 7) is 1.54. The second-order valence-corrected chi connectivity index (χ2v) is 5.19. The van der Waals surface area contributed by atoms with Crippen LogP contribution in [0.4, 0.5) is 0 Å². The number of thiazole rings is 1. The van der Waals surface area contributed by atoms with Crippen molar-refractivity contribution in [1.29, 1.82) is 0 Å². The topological polar surface area (TPSA) is 74.7 Å². The number of rotatable bonds is 4. The Labute approximate surface area is 124 Å². The number of fused-ring (bicyclic) bond motifs is 1. The molecule has 0 amide bonds. The Morgan fingerprint density at radius 1 is 1.33 bits per heavy atom. The van der Waals surface area contributed by atoms with Gasteiger partial charge in [0.15, 0.2) is 23.9 Å². The Morgan fingerprint density at radius 3 is 2.90 bits per heavy atom. The highest BCUT2D eigenvalue weighted by Gasteiger charge is 2.18. The molecule has 6 nitrogen and oxygen atoms in total. The molecule has 7 heteroatoms. The maximum absolute atomic E-state index is 12.0. The zero-order valence-electron chi connectivity index (χ0n) is 11.1. The van der Waals surface area contributed by atoms with Crippen molar-refractivity contribution in [1.82, 2.24) is 4.98 Å². The van der Waals surface area contributed by atoms with E-state index in [1.54, 1.807) is 30.6 Å². The van der Waals surface area contributed by atoms with Crippen LogP contribution in [0, 0.1) is 6.92 Å². The van der Waals surface area contributed by atoms with Gasteiger partial charge in [0.25, 0.3) is 0 Å². The van der Waals surface area contributed by atoms with Crippen LogP contribution in [0.3, 0.4) is 0 Å². The Hall–Kier alpha value is -2.41. The summed E-state index contributed by atoms with van der Waals surface area (Å²) in [5.74, 6) is 0.280. The first kappa shape index (κ1) is 13.6. The van der Waals surface area contributed by atoms with Crippen molar-refractivity contribution < 1.29 is 23.8 Å². The predicted octanol–water partition coefficient (Wildman–Crippen LogP) is 2.22. The summed E-state index contributed by atoms with van der Waals surface area (Å²) in [5.41, 5.74) is 2.57. The fraction of sp³-hybridized carbons (Fsp3) is 0.214. The number of carbonyl (C=O) groups is 2. The lowest BCUT2D eigenvalue weighted by Crippen LogP contribution is -2.14. The van der Waals surface area contributed by atoms with E-state index in [1.807, 2.05) is 0 Å². The number of ether oxygens (including phenoxy) is 3. The number of benzene rings is 1. The van der Waals surface area contributed by atoms with E-state index in [-0.39, 0.29) is 19.2 Å². The molecular formula is C14H11NO5S. The van der Waals surface area contributed by atoms with Gasteiger partial charge in [-0.2, -0.15) is 0 Å². The minimum Gasteiger partial charge on any atom is -0.454 e. The highest BCUT2D eigenvalue weighted by molar-refractivity contribution is 7.11. The molecule has 1 aliphatic rings. The molecule has 3 rings (SSSR count). The van der Waals surface area contributed by atoms with Crippen molar-refractivity contribution in [2.24, 2.45) is 0 Å². The van der Waals surface area contributed by atoms with Crippen molar-refractivity contribution in [2.75, 3.05) is 13.4 Å². The molecule has 1 aromatic heterocycles. The normalized spacial score (nSPS) is 12.2. The van der Waals surface area contributed by atoms with Crippen LogP contribution in [-0.2, 0) is 4.74 Å². The third-order valence-corrected chi connectivity index (χ3v) is 3.87. The summed E-state index contributed by atoms with van der Waals surface area (Å²) in [5, 5.41) is 0. The molecule has 108 valence electrons. The Kier molecular flexibility index (Phi) is 3.57. The standard InChI is InChI=1S/C14H11NO5S/c1-8-13(21-6-15-8)14(17)18-5-10(16)9-2-3-11-12(4-9)20-7-19-11/h2-4,6H,5,7H2,1H3. The van der Waals surface area contributed by atoms with Crippen LogP contribution in [-0.4, -0.2) is 30.1 Å². The van der Waals surface area contributed by atoms with E-state index in [4.69, 9.17) is 14.2 Å². The van der Waals surface area contributed by atoms with Gasteiger partial charge in [0.1, 0.15) is 4.88 Å². The van der Waals surface area contributed by atoms with Gasteiger partial charge in [0, 0.05) is 5.56 Å². The van der Waals surface area contributed by atoms with E-state index >= 15 is 0 Å². The summed E-state index contributed by atoms with van der Waals surface area (Å²) >= 11 is 1.19. The average molecular weight is 305 g/mol. The van der Waals surface area contributed by atoms with E-state index in [2.05, 4.69) is 4.98 Å². The van der Waals surface area contributed by atoms with Gasteiger partial charge in [-0.05, 0) is 25.1 Å². The van der Waals surface area contributed by atoms with E-state index in [0.717, 1.165) is 0 Å². The van der Waals surface area contributed by atoms with Crippen LogP contribution in [0.5, 0.6) is 11.5 Å². The number of ketones is 1. The van der Waals surface area contributed by atoms with Crippen molar-refractivity contribution in [3.05, 3.63) is 39.8 Å². The van der Waals surface area contributed by atoms with Gasteiger partial charge in [0.05, 0.1) is 11.2 Å². The molecule has 0 N–H and O–H groups in total. The molecule has 0 saturated carbocycles. The minimum absolute atomic E-state index is 0.145. The number of aromatic nitrogens is 1. The number of esters is 1. The molecule has 0 atom stereocenters. The van der Waals surface area contributed by atoms with E-state index in [9.17, 15) is 9.59 Å². The van der Waals surface area contributed by atoms with Crippen molar-refractivity contribution >= 4 is 23.1 Å². The second-order valence-electron chi connectivity index (χ2n) is 4.33. The van der Waals surface area contributed by atoms with E-state index in [1.165, 1.54) is 11.3 Å². The summed E-state index contributed by atoms with van der Waals surface area (Å²) in [6, 6.07) is 4.85. The number of hydrogen-bond acceptors (Lipinski definition) is 7. The first-order valence-electron chi connectivity index (χ1n) is 6.15. The van der Waals surface area contributed by atoms with Crippen LogP contribution in [0.2, 0.25) is 0 Å². The first-order valence-corrected chi connectivity index (χ1v) is 7.03. The summed E-state index contributed by atoms with van der Waals surface area (Å²) in [6.07, 6.45) is 0. The van der Waals surface area contributed by atoms with Crippen LogP contribution in [0.1, 0.15) is 25.7 Å². The molecular weight excluding hydrogens is 294 g/mol. The number of nitrogens with zero attached hydrogens (tertiary/aromatic N) is 1. The van der Waals surface area contributed by atoms with Crippen LogP contribution >= 0.6 is 11.3 Å². The third kappa shape index (κ3) is 2.73. The van der Waals surface area contributed by atoms with Gasteiger partial charge < -0.3 is 14.2 Å². The minimum atomic E-state index is -0.538. The largest absolute Gasteiger partial charge is 0.454 e. The summed E-state index contributed by atoms with van der Waals surface area (Å²) < 4.78 is 15.4. The molecule has 2 aromatic rings. The van der Waals surface area contributed by atoms with Crippen molar-refractivity contribution in [2.45, 2.75) is 6.92 Å². The van der Waals surface area contributed by atoms with Crippen LogP contribution in [0.15, 0.2) is 23.7 Å². The quantitative estimate of drug-likeness (QED) is 0.637. The first-order chi connectivity index (χ1) is 10.1. The molecule has 0 spiro atoms. The molecule has 0 unspecified atom stereocenters. The number of aryl methyl sites for hydroxylation is 1. The van der Waals surface area contributed by atoms with Gasteiger partial charge in [-0.25, -0.2) is 9.78 Å². The number of carbonyl (C=O) groups excluding carboxylic acids is 2. The second kappa shape index (κ2) is 5.53. The highest BCUT2D eigenvalue weighted by Crippen LogP contribution is 2.32. The maximum Gasteiger partial charge on any atom is 0.350 e. The molecule has 1 aromatic carbocycles. The monoisotopic (exact) mass is 305 g/mol. The Balaban J connectivity index is 1.64. The van der Waals surface area contributed by atoms with Crippen LogP contribution < -0.4 is 9.47 Å². The van der Waals surface area contributed by atoms with Gasteiger partial charge in [-0.1, -0.05) is 0 Å². The van der Waals surface area contributed by atoms with Crippen molar-refractivity contribution in [3.8, 4) is 11.5 Å². The van der Waals surface area contributed by atoms with E-state index < -0.39 is 5.97 Å². The molecule has 0 aliphatic carbocycles. The molecule has 2 heterocycles. The lowest BCUT2D eigenvalue weighted by molar-refractivity contribution is 0.0478. The van der Waals surface area contributed by atoms with Gasteiger partial charge in [-0.15, -0.1) is 11.3 Å². The SMILES string of the molecule is Cc1ncsc1C(=O)OCC(=O)c1ccc2c(c1)OCO2. The smallest absolute Gasteiger partial charge is 0.350 e. The summed E-state index contributed by atoms with van der Waals surface area (Å²) in [7, 11) is 0. The van der Waals surface area contributed by atoms with Crippen molar-refractivity contribution in [3.63, 3.8) is 0 Å². The van der Waals surface area contributed by atoms with Gasteiger partial charge in [0.2, 0.25) is 6.79 Å². The van der Waals surface area contributed by atoms with E-state index in [0.29, 0.717) is 27.6 Å². The molecule has 1 aliphatic heterocycles. The number of Topliss-reactive ketones (excluding diaryl/α,β-unsaturated/α-hetero) is 1. The molecule has 0 fully saturated rings. The number of hydrogen-bond donors (Lipinski definition) is 0. The molecule has 0 radical (unpaired) electrons. The Morgan fingerprint density at radius 2 is 2.14 bits per heavy atom. The van der Waals surface area contributed by atoms with Gasteiger partial charge in [-0.3, -0.25) is 4.79 Å². The summed E-state index contributed by atoms with van der Waals surface area (Å²) in [4.78, 5) is 28.2. The fourth-order valence-corrected chi connectivity index (χ4v) is 2.54. The highest BCUT2D eigenvalue weighted by atomic mass is 32.1. The Bertz CT molecular complexity index is 709. The average Bonchev–Trinajstić information content (AvgIpc) is 3.11. The molecule has 21 heavy (non-hydrogen) atoms. The fourth-order valence-electron chi connectivity index (χ4n) is 1.85. The lowest BCUT2D eigenvalue weighted by Gasteiger charge is -2.04. The third-order valence-electron chi connectivity index (χ3n) is 2.96. The molecule has 0 saturated heterocycles. The zero-order valence-corrected chi connectivity index (χ0v) is 11.9. The van der Waals surface area contributed by atoms with Crippen LogP contribution in [0.25, 0.3) is 0 Å². The predicted molar refractivity (Wildman–Crippen MR) is 74.0 cm³/mol. The lowest BCUT2D eigenvalue weighted by atomic mass is 10.1. The zero-order chi connectivity index (χ0) is 14.8. The van der Waals surface area contributed by atoms with Gasteiger partial charge >= 0.3 is 5.97 Å².